The average molecular weight is 135 g/mol. The summed E-state index contributed by atoms with van der Waals surface area (Å²) in [7, 11) is 0. The lowest BCUT2D eigenvalue weighted by Gasteiger charge is -1.80. The molecule has 4 nitrogen and oxygen atoms in total. The minimum absolute atomic E-state index is 0.625. The number of aliphatic imine (C=N–C) groups is 1. The molecule has 0 saturated carbocycles. The van der Waals surface area contributed by atoms with Gasteiger partial charge in [0.15, 0.2) is 5.82 Å². The molecule has 2 aromatic heterocycles. The number of hydrogen-bond donors (Lipinski definition) is 0. The lowest BCUT2D eigenvalue weighted by atomic mass is 10.7. The fraction of sp³-hybridized carbons (Fsp3) is 0. The zero-order chi connectivity index (χ0) is 6.97. The molecule has 0 radical (unpaired) electrons. The van der Waals surface area contributed by atoms with Gasteiger partial charge in [-0.15, -0.1) is 0 Å². The van der Waals surface area contributed by atoms with Crippen LogP contribution in [0.5, 0.6) is 0 Å². The molecule has 0 amide bonds. The molecule has 0 aliphatic carbocycles. The molecule has 0 atom stereocenters. The first-order valence-corrected chi connectivity index (χ1v) is 2.80. The Bertz CT molecular complexity index is 360. The molecule has 2 rings (SSSR count). The molecule has 50 valence electrons. The van der Waals surface area contributed by atoms with Crippen molar-refractivity contribution in [1.29, 1.82) is 0 Å². The highest BCUT2D eigenvalue weighted by atomic mass is 16.3. The normalized spacial score (nSPS) is 10.4. The number of aromatic nitrogens is 2. The van der Waals surface area contributed by atoms with Crippen LogP contribution in [0.25, 0.3) is 5.71 Å². The van der Waals surface area contributed by atoms with Crippen LogP contribution in [0, 0.1) is 0 Å². The van der Waals surface area contributed by atoms with Gasteiger partial charge in [-0.2, -0.15) is 9.61 Å². The quantitative estimate of drug-likeness (QED) is 0.552. The zero-order valence-corrected chi connectivity index (χ0v) is 5.19. The molecule has 4 heteroatoms. The number of rotatable bonds is 1. The van der Waals surface area contributed by atoms with Crippen molar-refractivity contribution in [2.75, 3.05) is 0 Å². The van der Waals surface area contributed by atoms with Gasteiger partial charge in [0.05, 0.1) is 6.20 Å². The first-order valence-electron chi connectivity index (χ1n) is 2.80. The molecule has 10 heavy (non-hydrogen) atoms. The highest BCUT2D eigenvalue weighted by Gasteiger charge is 2.00. The lowest BCUT2D eigenvalue weighted by Crippen LogP contribution is -1.78. The van der Waals surface area contributed by atoms with Gasteiger partial charge in [0.2, 0.25) is 5.71 Å². The maximum atomic E-state index is 5.05. The molecule has 0 aliphatic rings. The monoisotopic (exact) mass is 135 g/mol. The van der Waals surface area contributed by atoms with Crippen molar-refractivity contribution >= 4 is 18.2 Å². The highest BCUT2D eigenvalue weighted by molar-refractivity contribution is 5.45. The van der Waals surface area contributed by atoms with Crippen molar-refractivity contribution in [3.05, 3.63) is 18.5 Å². The van der Waals surface area contributed by atoms with E-state index in [2.05, 4.69) is 16.8 Å². The molecule has 0 N–H and O–H groups in total. The van der Waals surface area contributed by atoms with Crippen molar-refractivity contribution in [2.24, 2.45) is 4.99 Å². The smallest absolute Gasteiger partial charge is 0.223 e. The summed E-state index contributed by atoms with van der Waals surface area (Å²) in [5.41, 5.74) is 0.683. The Morgan fingerprint density at radius 1 is 1.70 bits per heavy atom. The number of oxazole rings is 1. The van der Waals surface area contributed by atoms with Crippen molar-refractivity contribution in [3.8, 4) is 0 Å². The fourth-order valence-electron chi connectivity index (χ4n) is 0.820. The molecule has 0 fully saturated rings. The van der Waals surface area contributed by atoms with Gasteiger partial charge in [0, 0.05) is 6.07 Å². The lowest BCUT2D eigenvalue weighted by molar-refractivity contribution is 0.606. The van der Waals surface area contributed by atoms with Gasteiger partial charge < -0.3 is 4.42 Å². The standard InChI is InChI=1S/C6H5N3O/c1-7-5-4-10-6-2-3-8-9(5)6/h2-4H,1H2. The summed E-state index contributed by atoms with van der Waals surface area (Å²) in [5, 5.41) is 3.94. The first kappa shape index (κ1) is 5.22. The number of fused-ring (bicyclic) bond motifs is 1. The van der Waals surface area contributed by atoms with Gasteiger partial charge in [0.1, 0.15) is 6.26 Å². The van der Waals surface area contributed by atoms with Crippen LogP contribution >= 0.6 is 0 Å². The summed E-state index contributed by atoms with van der Waals surface area (Å²) >= 11 is 0. The summed E-state index contributed by atoms with van der Waals surface area (Å²) in [6, 6.07) is 1.76. The fourth-order valence-corrected chi connectivity index (χ4v) is 0.820. The maximum absolute atomic E-state index is 5.05. The molecule has 0 unspecified atom stereocenters. The molecule has 2 aromatic rings. The molecule has 0 bridgehead atoms. The Labute approximate surface area is 56.8 Å². The molecule has 0 aromatic carbocycles. The second-order valence-corrected chi connectivity index (χ2v) is 1.83. The van der Waals surface area contributed by atoms with Crippen molar-refractivity contribution < 1.29 is 4.42 Å². The van der Waals surface area contributed by atoms with E-state index >= 15 is 0 Å². The van der Waals surface area contributed by atoms with Gasteiger partial charge in [-0.3, -0.25) is 0 Å². The summed E-state index contributed by atoms with van der Waals surface area (Å²) < 4.78 is 6.62. The van der Waals surface area contributed by atoms with Crippen LogP contribution in [0.1, 0.15) is 0 Å². The first-order chi connectivity index (χ1) is 4.92. The Hall–Kier alpha value is -1.58. The summed E-state index contributed by atoms with van der Waals surface area (Å²) in [6.07, 6.45) is 3.16. The Balaban J connectivity index is 2.88. The Morgan fingerprint density at radius 2 is 2.60 bits per heavy atom. The summed E-state index contributed by atoms with van der Waals surface area (Å²) in [5.74, 6) is 0.625. The zero-order valence-electron chi connectivity index (χ0n) is 5.19. The van der Waals surface area contributed by atoms with Crippen molar-refractivity contribution in [1.82, 2.24) is 9.61 Å². The molecular weight excluding hydrogens is 130 g/mol. The predicted molar refractivity (Wildman–Crippen MR) is 36.7 cm³/mol. The minimum atomic E-state index is 0.625. The third kappa shape index (κ3) is 0.500. The van der Waals surface area contributed by atoms with Crippen LogP contribution in [-0.2, 0) is 0 Å². The van der Waals surface area contributed by atoms with E-state index in [-0.39, 0.29) is 0 Å². The van der Waals surface area contributed by atoms with Crippen molar-refractivity contribution in [2.45, 2.75) is 0 Å². The molecule has 0 spiro atoms. The van der Waals surface area contributed by atoms with Crippen LogP contribution in [0.4, 0.5) is 5.82 Å². The second-order valence-electron chi connectivity index (χ2n) is 1.83. The van der Waals surface area contributed by atoms with Gasteiger partial charge in [-0.1, -0.05) is 0 Å². The van der Waals surface area contributed by atoms with Gasteiger partial charge >= 0.3 is 0 Å². The van der Waals surface area contributed by atoms with Gasteiger partial charge in [-0.25, -0.2) is 4.99 Å². The van der Waals surface area contributed by atoms with E-state index in [1.165, 1.54) is 6.26 Å². The van der Waals surface area contributed by atoms with Crippen molar-refractivity contribution in [3.63, 3.8) is 0 Å². The number of hydrogen-bond acceptors (Lipinski definition) is 3. The van der Waals surface area contributed by atoms with E-state index in [1.807, 2.05) is 0 Å². The minimum Gasteiger partial charge on any atom is -0.443 e. The molecular formula is C6H5N3O. The van der Waals surface area contributed by atoms with Crippen LogP contribution in [0.2, 0.25) is 0 Å². The molecule has 2 heterocycles. The Kier molecular flexibility index (Phi) is 0.887. The second kappa shape index (κ2) is 1.70. The van der Waals surface area contributed by atoms with Gasteiger partial charge in [-0.05, 0) is 6.72 Å². The van der Waals surface area contributed by atoms with Crippen LogP contribution in [0.3, 0.4) is 0 Å². The largest absolute Gasteiger partial charge is 0.443 e. The SMILES string of the molecule is C=Nc1coc2ccnn12. The third-order valence-corrected chi connectivity index (χ3v) is 1.27. The van der Waals surface area contributed by atoms with Crippen LogP contribution < -0.4 is 0 Å². The highest BCUT2D eigenvalue weighted by Crippen LogP contribution is 2.14. The van der Waals surface area contributed by atoms with E-state index in [4.69, 9.17) is 4.42 Å². The van der Waals surface area contributed by atoms with Crippen LogP contribution in [-0.4, -0.2) is 16.3 Å². The van der Waals surface area contributed by atoms with Crippen LogP contribution in [0.15, 0.2) is 27.9 Å². The maximum Gasteiger partial charge on any atom is 0.223 e. The van der Waals surface area contributed by atoms with E-state index in [0.29, 0.717) is 11.5 Å². The summed E-state index contributed by atoms with van der Waals surface area (Å²) in [6.45, 7) is 3.36. The topological polar surface area (TPSA) is 42.8 Å². The van der Waals surface area contributed by atoms with E-state index in [9.17, 15) is 0 Å². The van der Waals surface area contributed by atoms with E-state index in [1.54, 1.807) is 16.8 Å². The average Bonchev–Trinajstić information content (AvgIpc) is 2.44. The van der Waals surface area contributed by atoms with Gasteiger partial charge in [0.25, 0.3) is 0 Å². The molecule has 0 saturated heterocycles. The van der Waals surface area contributed by atoms with E-state index in [0.717, 1.165) is 0 Å². The third-order valence-electron chi connectivity index (χ3n) is 1.27. The number of nitrogens with zero attached hydrogens (tertiary/aromatic N) is 3. The Morgan fingerprint density at radius 3 is 3.40 bits per heavy atom. The predicted octanol–water partition coefficient (Wildman–Crippen LogP) is 1.26. The van der Waals surface area contributed by atoms with E-state index < -0.39 is 0 Å². The molecule has 0 aliphatic heterocycles. The summed E-state index contributed by atoms with van der Waals surface area (Å²) in [4.78, 5) is 3.69.